The summed E-state index contributed by atoms with van der Waals surface area (Å²) >= 11 is 0. The maximum Gasteiger partial charge on any atom is 0.272 e. The Bertz CT molecular complexity index is 1150. The summed E-state index contributed by atoms with van der Waals surface area (Å²) in [7, 11) is 1.84. The Hall–Kier alpha value is -3.99. The number of benzene rings is 2. The lowest BCUT2D eigenvalue weighted by atomic mass is 10.1. The van der Waals surface area contributed by atoms with Crippen molar-refractivity contribution in [2.24, 2.45) is 7.05 Å². The van der Waals surface area contributed by atoms with Crippen LogP contribution >= 0.6 is 0 Å². The van der Waals surface area contributed by atoms with Gasteiger partial charge in [0.15, 0.2) is 5.82 Å². The van der Waals surface area contributed by atoms with Gasteiger partial charge in [0.1, 0.15) is 5.69 Å². The van der Waals surface area contributed by atoms with Gasteiger partial charge in [-0.1, -0.05) is 18.2 Å². The number of H-pyrrole nitrogens is 1. The monoisotopic (exact) mass is 343 g/mol. The number of carbonyl (C=O) groups excluding carboxylic acids is 1. The van der Waals surface area contributed by atoms with Gasteiger partial charge in [0.25, 0.3) is 5.91 Å². The molecule has 2 heterocycles. The van der Waals surface area contributed by atoms with Crippen molar-refractivity contribution in [1.82, 2.24) is 25.2 Å². The summed E-state index contributed by atoms with van der Waals surface area (Å²) in [5.74, 6) is 0.108. The number of para-hydroxylation sites is 1. The predicted molar refractivity (Wildman–Crippen MR) is 95.2 cm³/mol. The second-order valence-electron chi connectivity index (χ2n) is 5.72. The number of fused-ring (bicyclic) bond motifs is 1. The van der Waals surface area contributed by atoms with Gasteiger partial charge < -0.3 is 9.88 Å². The first-order valence-electron chi connectivity index (χ1n) is 7.81. The van der Waals surface area contributed by atoms with Gasteiger partial charge in [0.2, 0.25) is 0 Å². The topological polar surface area (TPSA) is 112 Å². The minimum absolute atomic E-state index is 0.262. The third kappa shape index (κ3) is 2.57. The highest BCUT2D eigenvalue weighted by molar-refractivity contribution is 6.07. The molecule has 8 heteroatoms. The first-order valence-corrected chi connectivity index (χ1v) is 7.81. The number of nitrogens with zero attached hydrogens (tertiary/aromatic N) is 5. The fraction of sp³-hybridized carbons (Fsp3) is 0.0556. The molecule has 0 atom stereocenters. The number of aromatic nitrogens is 5. The normalized spacial score (nSPS) is 10.6. The first kappa shape index (κ1) is 15.5. The van der Waals surface area contributed by atoms with Crippen molar-refractivity contribution in [3.8, 4) is 17.5 Å². The van der Waals surface area contributed by atoms with Gasteiger partial charge in [-0.2, -0.15) is 5.26 Å². The van der Waals surface area contributed by atoms with E-state index in [0.29, 0.717) is 28.3 Å². The lowest BCUT2D eigenvalue weighted by molar-refractivity contribution is 0.102. The van der Waals surface area contributed by atoms with Crippen LogP contribution in [-0.2, 0) is 7.05 Å². The van der Waals surface area contributed by atoms with Gasteiger partial charge in [0.05, 0.1) is 17.3 Å². The number of nitriles is 1. The Morgan fingerprint density at radius 1 is 1.23 bits per heavy atom. The van der Waals surface area contributed by atoms with Crippen molar-refractivity contribution in [3.63, 3.8) is 0 Å². The van der Waals surface area contributed by atoms with Gasteiger partial charge in [-0.15, -0.1) is 5.10 Å². The van der Waals surface area contributed by atoms with Gasteiger partial charge >= 0.3 is 0 Å². The lowest BCUT2D eigenvalue weighted by Gasteiger charge is -2.10. The van der Waals surface area contributed by atoms with Crippen LogP contribution in [0.15, 0.2) is 48.5 Å². The minimum Gasteiger partial charge on any atom is -0.340 e. The zero-order valence-corrected chi connectivity index (χ0v) is 13.8. The van der Waals surface area contributed by atoms with E-state index in [-0.39, 0.29) is 5.91 Å². The number of rotatable bonds is 3. The SMILES string of the molecule is Cn1c(C(=O)Nc2ccc(C#N)cc2-c2nnn[nH]2)cc2ccccc21. The maximum atomic E-state index is 12.8. The van der Waals surface area contributed by atoms with E-state index < -0.39 is 0 Å². The van der Waals surface area contributed by atoms with E-state index in [1.165, 1.54) is 0 Å². The van der Waals surface area contributed by atoms with Crippen molar-refractivity contribution < 1.29 is 4.79 Å². The van der Waals surface area contributed by atoms with Crippen molar-refractivity contribution in [3.05, 3.63) is 59.8 Å². The van der Waals surface area contributed by atoms with E-state index in [2.05, 4.69) is 32.0 Å². The molecule has 0 unspecified atom stereocenters. The smallest absolute Gasteiger partial charge is 0.272 e. The van der Waals surface area contributed by atoms with E-state index in [4.69, 9.17) is 5.26 Å². The lowest BCUT2D eigenvalue weighted by Crippen LogP contribution is -2.16. The fourth-order valence-corrected chi connectivity index (χ4v) is 2.89. The fourth-order valence-electron chi connectivity index (χ4n) is 2.89. The van der Waals surface area contributed by atoms with Crippen LogP contribution in [0.1, 0.15) is 16.1 Å². The molecule has 1 amide bonds. The number of aromatic amines is 1. The molecule has 0 fully saturated rings. The van der Waals surface area contributed by atoms with Crippen LogP contribution in [0.4, 0.5) is 5.69 Å². The second kappa shape index (κ2) is 6.14. The zero-order chi connectivity index (χ0) is 18.1. The predicted octanol–water partition coefficient (Wildman–Crippen LogP) is 2.48. The second-order valence-corrected chi connectivity index (χ2v) is 5.72. The summed E-state index contributed by atoms with van der Waals surface area (Å²) < 4.78 is 1.84. The van der Waals surface area contributed by atoms with Gasteiger partial charge in [-0.25, -0.2) is 5.10 Å². The standard InChI is InChI=1S/C18H13N7O/c1-25-15-5-3-2-4-12(15)9-16(25)18(26)20-14-7-6-11(10-19)8-13(14)17-21-23-24-22-17/h2-9H,1H3,(H,20,26)(H,21,22,23,24). The highest BCUT2D eigenvalue weighted by Gasteiger charge is 2.17. The number of amides is 1. The summed E-state index contributed by atoms with van der Waals surface area (Å²) in [6.07, 6.45) is 0. The Kier molecular flexibility index (Phi) is 3.67. The molecule has 0 aliphatic carbocycles. The maximum absolute atomic E-state index is 12.8. The van der Waals surface area contributed by atoms with E-state index in [0.717, 1.165) is 10.9 Å². The Labute approximate surface area is 148 Å². The third-order valence-electron chi connectivity index (χ3n) is 4.18. The molecular weight excluding hydrogens is 330 g/mol. The van der Waals surface area contributed by atoms with Gasteiger partial charge in [-0.05, 0) is 40.8 Å². The number of hydrogen-bond acceptors (Lipinski definition) is 5. The molecular formula is C18H13N7O. The van der Waals surface area contributed by atoms with Crippen molar-refractivity contribution in [1.29, 1.82) is 5.26 Å². The summed E-state index contributed by atoms with van der Waals surface area (Å²) in [5.41, 5.74) is 2.99. The molecule has 0 saturated carbocycles. The molecule has 0 spiro atoms. The third-order valence-corrected chi connectivity index (χ3v) is 4.18. The van der Waals surface area contributed by atoms with Crippen molar-refractivity contribution in [2.75, 3.05) is 5.32 Å². The number of hydrogen-bond donors (Lipinski definition) is 2. The van der Waals surface area contributed by atoms with Crippen molar-refractivity contribution >= 4 is 22.5 Å². The van der Waals surface area contributed by atoms with E-state index in [1.54, 1.807) is 18.2 Å². The quantitative estimate of drug-likeness (QED) is 0.593. The van der Waals surface area contributed by atoms with Crippen LogP contribution in [-0.4, -0.2) is 31.1 Å². The molecule has 8 nitrogen and oxygen atoms in total. The molecule has 4 rings (SSSR count). The average molecular weight is 343 g/mol. The van der Waals surface area contributed by atoms with E-state index >= 15 is 0 Å². The van der Waals surface area contributed by atoms with Crippen molar-refractivity contribution in [2.45, 2.75) is 0 Å². The molecule has 26 heavy (non-hydrogen) atoms. The molecule has 2 N–H and O–H groups in total. The highest BCUT2D eigenvalue weighted by atomic mass is 16.1. The number of carbonyl (C=O) groups is 1. The van der Waals surface area contributed by atoms with E-state index in [9.17, 15) is 4.79 Å². The molecule has 2 aromatic carbocycles. The van der Waals surface area contributed by atoms with Gasteiger partial charge in [-0.3, -0.25) is 4.79 Å². The molecule has 126 valence electrons. The van der Waals surface area contributed by atoms with Gasteiger partial charge in [0, 0.05) is 23.5 Å². The molecule has 0 aliphatic rings. The summed E-state index contributed by atoms with van der Waals surface area (Å²) in [4.78, 5) is 12.8. The van der Waals surface area contributed by atoms with Crippen LogP contribution in [0.5, 0.6) is 0 Å². The molecule has 0 radical (unpaired) electrons. The Morgan fingerprint density at radius 3 is 2.81 bits per heavy atom. The summed E-state index contributed by atoms with van der Waals surface area (Å²) in [5, 5.41) is 26.6. The Balaban J connectivity index is 1.74. The first-order chi connectivity index (χ1) is 12.7. The average Bonchev–Trinajstić information content (AvgIpc) is 3.31. The zero-order valence-electron chi connectivity index (χ0n) is 13.8. The summed E-state index contributed by atoms with van der Waals surface area (Å²) in [6.45, 7) is 0. The number of anilines is 1. The van der Waals surface area contributed by atoms with E-state index in [1.807, 2.05) is 41.9 Å². The van der Waals surface area contributed by atoms with Crippen LogP contribution in [0.2, 0.25) is 0 Å². The van der Waals surface area contributed by atoms with Crippen LogP contribution in [0.25, 0.3) is 22.3 Å². The van der Waals surface area contributed by atoms with Crippen LogP contribution < -0.4 is 5.32 Å². The molecule has 2 aromatic heterocycles. The summed E-state index contributed by atoms with van der Waals surface area (Å²) in [6, 6.07) is 16.6. The molecule has 0 bridgehead atoms. The largest absolute Gasteiger partial charge is 0.340 e. The molecule has 0 aliphatic heterocycles. The number of aryl methyl sites for hydroxylation is 1. The number of nitrogens with one attached hydrogen (secondary N) is 2. The molecule has 4 aromatic rings. The number of tetrazole rings is 1. The highest BCUT2D eigenvalue weighted by Crippen LogP contribution is 2.27. The van der Waals surface area contributed by atoms with Crippen LogP contribution in [0.3, 0.4) is 0 Å². The minimum atomic E-state index is -0.262. The van der Waals surface area contributed by atoms with Crippen LogP contribution in [0, 0.1) is 11.3 Å². The Morgan fingerprint density at radius 2 is 2.08 bits per heavy atom. The molecule has 0 saturated heterocycles.